The molecule has 0 saturated carbocycles. The van der Waals surface area contributed by atoms with Gasteiger partial charge in [0.1, 0.15) is 5.82 Å². The summed E-state index contributed by atoms with van der Waals surface area (Å²) in [6.45, 7) is 0. The van der Waals surface area contributed by atoms with Crippen LogP contribution in [0.1, 0.15) is 22.3 Å². The van der Waals surface area contributed by atoms with Crippen molar-refractivity contribution in [3.05, 3.63) is 265 Å². The normalized spacial score (nSPS) is 11.1. The van der Waals surface area contributed by atoms with E-state index in [9.17, 15) is 4.39 Å². The Morgan fingerprint density at radius 1 is 0.339 bits per heavy atom. The van der Waals surface area contributed by atoms with Crippen molar-refractivity contribution < 1.29 is 4.39 Å². The van der Waals surface area contributed by atoms with Gasteiger partial charge in [-0.15, -0.1) is 0 Å². The minimum atomic E-state index is -0.254. The molecule has 10 rings (SSSR count). The second kappa shape index (κ2) is 15.7. The Labute approximate surface area is 344 Å². The van der Waals surface area contributed by atoms with Crippen LogP contribution in [-0.2, 0) is 0 Å². The molecule has 0 amide bonds. The van der Waals surface area contributed by atoms with Crippen molar-refractivity contribution >= 4 is 50.0 Å². The number of rotatable bonds is 9. The molecule has 0 fully saturated rings. The molecule has 0 spiro atoms. The molecule has 0 unspecified atom stereocenters. The molecule has 10 aromatic rings. The molecule has 59 heavy (non-hydrogen) atoms. The lowest BCUT2D eigenvalue weighted by Gasteiger charge is -2.26. The standard InChI is InChI=1S/C56H39FN2/c57-46-31-33-48(34-32-46)59-53-30-14-13-29-51(53)52-36-35-50(39-54(52)59)58(47-26-11-4-12-27-47)49-28-16-24-44(38-49)43-23-15-25-45(37-43)56(42-21-9-3-10-22-42)55(40-17-5-1-6-18-40)41-19-7-2-8-20-41/h1-39H. The number of anilines is 3. The van der Waals surface area contributed by atoms with Crippen LogP contribution in [0.5, 0.6) is 0 Å². The predicted octanol–water partition coefficient (Wildman–Crippen LogP) is 15.1. The van der Waals surface area contributed by atoms with Gasteiger partial charge < -0.3 is 9.47 Å². The summed E-state index contributed by atoms with van der Waals surface area (Å²) in [6, 6.07) is 82.2. The summed E-state index contributed by atoms with van der Waals surface area (Å²) in [7, 11) is 0. The molecule has 0 atom stereocenters. The van der Waals surface area contributed by atoms with E-state index in [-0.39, 0.29) is 5.82 Å². The Morgan fingerprint density at radius 2 is 0.814 bits per heavy atom. The number of hydrogen-bond acceptors (Lipinski definition) is 1. The van der Waals surface area contributed by atoms with Crippen molar-refractivity contribution in [3.63, 3.8) is 0 Å². The Balaban J connectivity index is 1.13. The van der Waals surface area contributed by atoms with Crippen LogP contribution in [0.3, 0.4) is 0 Å². The number of halogens is 1. The smallest absolute Gasteiger partial charge is 0.123 e. The molecule has 0 bridgehead atoms. The van der Waals surface area contributed by atoms with Crippen LogP contribution in [-0.4, -0.2) is 4.57 Å². The first-order valence-corrected chi connectivity index (χ1v) is 20.0. The Bertz CT molecular complexity index is 3040. The van der Waals surface area contributed by atoms with Gasteiger partial charge in [0, 0.05) is 33.5 Å². The molecule has 3 heteroatoms. The minimum Gasteiger partial charge on any atom is -0.310 e. The monoisotopic (exact) mass is 758 g/mol. The average Bonchev–Trinajstić information content (AvgIpc) is 3.63. The lowest BCUT2D eigenvalue weighted by Crippen LogP contribution is -2.10. The summed E-state index contributed by atoms with van der Waals surface area (Å²) >= 11 is 0. The summed E-state index contributed by atoms with van der Waals surface area (Å²) in [6.07, 6.45) is 0. The van der Waals surface area contributed by atoms with Gasteiger partial charge in [-0.1, -0.05) is 164 Å². The molecule has 0 aliphatic carbocycles. The van der Waals surface area contributed by atoms with Gasteiger partial charge in [-0.25, -0.2) is 4.39 Å². The lowest BCUT2D eigenvalue weighted by molar-refractivity contribution is 0.627. The summed E-state index contributed by atoms with van der Waals surface area (Å²) in [4.78, 5) is 2.32. The fourth-order valence-corrected chi connectivity index (χ4v) is 8.39. The van der Waals surface area contributed by atoms with E-state index in [4.69, 9.17) is 0 Å². The molecule has 0 N–H and O–H groups in total. The van der Waals surface area contributed by atoms with Gasteiger partial charge >= 0.3 is 0 Å². The highest BCUT2D eigenvalue weighted by molar-refractivity contribution is 6.10. The maximum atomic E-state index is 14.2. The van der Waals surface area contributed by atoms with Crippen LogP contribution in [0.25, 0.3) is 49.8 Å². The quantitative estimate of drug-likeness (QED) is 0.133. The molecule has 9 aromatic carbocycles. The fraction of sp³-hybridized carbons (Fsp3) is 0. The molecule has 0 aliphatic rings. The zero-order chi connectivity index (χ0) is 39.5. The van der Waals surface area contributed by atoms with Crippen LogP contribution >= 0.6 is 0 Å². The zero-order valence-electron chi connectivity index (χ0n) is 32.3. The highest BCUT2D eigenvalue weighted by atomic mass is 19.1. The number of fused-ring (bicyclic) bond motifs is 3. The number of nitrogens with zero attached hydrogens (tertiary/aromatic N) is 2. The number of para-hydroxylation sites is 2. The molecular formula is C56H39FN2. The van der Waals surface area contributed by atoms with E-state index in [0.717, 1.165) is 66.8 Å². The van der Waals surface area contributed by atoms with Crippen molar-refractivity contribution in [2.75, 3.05) is 4.90 Å². The van der Waals surface area contributed by atoms with Gasteiger partial charge in [0.25, 0.3) is 0 Å². The van der Waals surface area contributed by atoms with Crippen LogP contribution in [0.4, 0.5) is 21.5 Å². The van der Waals surface area contributed by atoms with Crippen molar-refractivity contribution in [3.8, 4) is 16.8 Å². The first-order valence-electron chi connectivity index (χ1n) is 20.0. The van der Waals surface area contributed by atoms with Gasteiger partial charge in [0.15, 0.2) is 0 Å². The molecule has 1 aromatic heterocycles. The Hall–Kier alpha value is -7.75. The summed E-state index contributed by atoms with van der Waals surface area (Å²) in [5.74, 6) is -0.254. The summed E-state index contributed by atoms with van der Waals surface area (Å²) in [5, 5.41) is 2.29. The van der Waals surface area contributed by atoms with Crippen LogP contribution in [0.2, 0.25) is 0 Å². The second-order valence-electron chi connectivity index (χ2n) is 14.7. The van der Waals surface area contributed by atoms with Crippen LogP contribution in [0, 0.1) is 5.82 Å². The van der Waals surface area contributed by atoms with Gasteiger partial charge in [-0.3, -0.25) is 0 Å². The van der Waals surface area contributed by atoms with Crippen molar-refractivity contribution in [1.82, 2.24) is 4.57 Å². The van der Waals surface area contributed by atoms with Crippen molar-refractivity contribution in [2.24, 2.45) is 0 Å². The molecule has 2 nitrogen and oxygen atoms in total. The molecule has 0 aliphatic heterocycles. The maximum Gasteiger partial charge on any atom is 0.123 e. The second-order valence-corrected chi connectivity index (χ2v) is 14.7. The van der Waals surface area contributed by atoms with Gasteiger partial charge in [-0.2, -0.15) is 0 Å². The van der Waals surface area contributed by atoms with E-state index in [1.165, 1.54) is 34.4 Å². The predicted molar refractivity (Wildman–Crippen MR) is 245 cm³/mol. The molecule has 0 radical (unpaired) electrons. The molecular weight excluding hydrogens is 720 g/mol. The first-order chi connectivity index (χ1) is 29.2. The summed E-state index contributed by atoms with van der Waals surface area (Å²) in [5.41, 5.74) is 15.4. The van der Waals surface area contributed by atoms with E-state index in [2.05, 4.69) is 222 Å². The molecule has 0 saturated heterocycles. The molecule has 280 valence electrons. The largest absolute Gasteiger partial charge is 0.310 e. The third-order valence-electron chi connectivity index (χ3n) is 11.0. The number of aromatic nitrogens is 1. The van der Waals surface area contributed by atoms with E-state index >= 15 is 0 Å². The topological polar surface area (TPSA) is 8.17 Å². The third-order valence-corrected chi connectivity index (χ3v) is 11.0. The maximum absolute atomic E-state index is 14.2. The van der Waals surface area contributed by atoms with Gasteiger partial charge in [0.2, 0.25) is 0 Å². The van der Waals surface area contributed by atoms with Gasteiger partial charge in [0.05, 0.1) is 11.0 Å². The van der Waals surface area contributed by atoms with E-state index in [1.54, 1.807) is 0 Å². The summed E-state index contributed by atoms with van der Waals surface area (Å²) < 4.78 is 16.4. The van der Waals surface area contributed by atoms with E-state index < -0.39 is 0 Å². The highest BCUT2D eigenvalue weighted by Crippen LogP contribution is 2.42. The average molecular weight is 759 g/mol. The number of hydrogen-bond donors (Lipinski definition) is 0. The fourth-order valence-electron chi connectivity index (χ4n) is 8.39. The first kappa shape index (κ1) is 35.6. The zero-order valence-corrected chi connectivity index (χ0v) is 32.3. The van der Waals surface area contributed by atoms with Crippen LogP contribution in [0.15, 0.2) is 237 Å². The Kier molecular flexibility index (Phi) is 9.46. The molecule has 1 heterocycles. The minimum absolute atomic E-state index is 0.254. The lowest BCUT2D eigenvalue weighted by atomic mass is 9.85. The van der Waals surface area contributed by atoms with E-state index in [1.807, 2.05) is 12.1 Å². The number of benzene rings is 9. The van der Waals surface area contributed by atoms with Crippen molar-refractivity contribution in [2.45, 2.75) is 0 Å². The van der Waals surface area contributed by atoms with Crippen molar-refractivity contribution in [1.29, 1.82) is 0 Å². The highest BCUT2D eigenvalue weighted by Gasteiger charge is 2.20. The van der Waals surface area contributed by atoms with Crippen LogP contribution < -0.4 is 4.90 Å². The Morgan fingerprint density at radius 3 is 1.46 bits per heavy atom. The van der Waals surface area contributed by atoms with E-state index in [0.29, 0.717) is 0 Å². The SMILES string of the molecule is Fc1ccc(-n2c3ccccc3c3ccc(N(c4ccccc4)c4cccc(-c5cccc(C(=C(c6ccccc6)c6ccccc6)c6ccccc6)c5)c4)cc32)cc1. The van der Waals surface area contributed by atoms with Gasteiger partial charge in [-0.05, 0) is 117 Å². The third kappa shape index (κ3) is 6.90.